The van der Waals surface area contributed by atoms with Crippen LogP contribution in [0.5, 0.6) is 0 Å². The highest BCUT2D eigenvalue weighted by atomic mass is 19.1. The molecule has 0 aliphatic heterocycles. The Bertz CT molecular complexity index is 1440. The minimum atomic E-state index is -0.682. The first-order chi connectivity index (χ1) is 16.5. The number of hydrogen-bond donors (Lipinski definition) is 3. The zero-order valence-corrected chi connectivity index (χ0v) is 18.2. The lowest BCUT2D eigenvalue weighted by Crippen LogP contribution is -2.43. The minimum Gasteiger partial charge on any atom is -0.339 e. The second-order valence-electron chi connectivity index (χ2n) is 7.37. The number of amides is 2. The lowest BCUT2D eigenvalue weighted by atomic mass is 10.1. The number of rotatable bonds is 6. The second-order valence-corrected chi connectivity index (χ2v) is 7.37. The van der Waals surface area contributed by atoms with Crippen LogP contribution in [0.3, 0.4) is 0 Å². The number of fused-ring (bicyclic) bond motifs is 1. The van der Waals surface area contributed by atoms with Gasteiger partial charge in [-0.3, -0.25) is 25.2 Å². The molecule has 0 radical (unpaired) electrons. The van der Waals surface area contributed by atoms with E-state index in [2.05, 4.69) is 26.3 Å². The van der Waals surface area contributed by atoms with Crippen LogP contribution >= 0.6 is 0 Å². The molecular weight excluding hydrogens is 439 g/mol. The number of aryl methyl sites for hydroxylation is 1. The van der Waals surface area contributed by atoms with Crippen molar-refractivity contribution in [3.63, 3.8) is 0 Å². The molecule has 34 heavy (non-hydrogen) atoms. The first-order valence-corrected chi connectivity index (χ1v) is 10.6. The van der Waals surface area contributed by atoms with Gasteiger partial charge in [-0.2, -0.15) is 5.10 Å². The first kappa shape index (κ1) is 22.6. The Balaban J connectivity index is 1.56. The van der Waals surface area contributed by atoms with Gasteiger partial charge < -0.3 is 5.32 Å². The summed E-state index contributed by atoms with van der Waals surface area (Å²) in [5.74, 6) is -1.59. The average molecular weight is 460 g/mol. The van der Waals surface area contributed by atoms with Crippen LogP contribution < -0.4 is 21.7 Å². The van der Waals surface area contributed by atoms with E-state index in [0.717, 1.165) is 0 Å². The van der Waals surface area contributed by atoms with Crippen LogP contribution in [-0.2, 0) is 6.54 Å². The summed E-state index contributed by atoms with van der Waals surface area (Å²) >= 11 is 0. The van der Waals surface area contributed by atoms with Gasteiger partial charge in [0, 0.05) is 23.8 Å². The predicted octanol–water partition coefficient (Wildman–Crippen LogP) is 3.16. The molecule has 172 valence electrons. The van der Waals surface area contributed by atoms with Crippen molar-refractivity contribution in [3.8, 4) is 0 Å². The molecule has 0 atom stereocenters. The van der Waals surface area contributed by atoms with Crippen LogP contribution in [0.15, 0.2) is 71.7 Å². The number of anilines is 2. The molecule has 0 bridgehead atoms. The quantitative estimate of drug-likeness (QED) is 0.381. The van der Waals surface area contributed by atoms with E-state index in [1.54, 1.807) is 36.4 Å². The van der Waals surface area contributed by atoms with Crippen molar-refractivity contribution in [1.82, 2.24) is 25.6 Å². The van der Waals surface area contributed by atoms with Gasteiger partial charge in [0.2, 0.25) is 0 Å². The molecule has 0 fully saturated rings. The third-order valence-electron chi connectivity index (χ3n) is 4.95. The Labute approximate surface area is 193 Å². The number of nitrogens with zero attached hydrogens (tertiary/aromatic N) is 3. The molecule has 9 nitrogen and oxygen atoms in total. The van der Waals surface area contributed by atoms with E-state index >= 15 is 0 Å². The predicted molar refractivity (Wildman–Crippen MR) is 125 cm³/mol. The van der Waals surface area contributed by atoms with Crippen LogP contribution in [-0.4, -0.2) is 26.6 Å². The molecule has 2 amide bonds. The molecule has 4 rings (SSSR count). The van der Waals surface area contributed by atoms with Gasteiger partial charge in [0.15, 0.2) is 5.69 Å². The number of aromatic nitrogens is 3. The fourth-order valence-electron chi connectivity index (χ4n) is 3.40. The van der Waals surface area contributed by atoms with E-state index in [1.165, 1.54) is 35.1 Å². The molecule has 10 heteroatoms. The summed E-state index contributed by atoms with van der Waals surface area (Å²) in [7, 11) is 0. The Kier molecular flexibility index (Phi) is 6.58. The topological polar surface area (TPSA) is 118 Å². The van der Waals surface area contributed by atoms with E-state index < -0.39 is 17.6 Å². The van der Waals surface area contributed by atoms with Crippen molar-refractivity contribution >= 4 is 34.1 Å². The van der Waals surface area contributed by atoms with Gasteiger partial charge in [-0.1, -0.05) is 31.2 Å². The molecule has 4 aromatic rings. The van der Waals surface area contributed by atoms with Gasteiger partial charge in [-0.25, -0.2) is 14.1 Å². The highest BCUT2D eigenvalue weighted by Crippen LogP contribution is 2.19. The maximum absolute atomic E-state index is 13.5. The van der Waals surface area contributed by atoms with Crippen molar-refractivity contribution < 1.29 is 14.0 Å². The first-order valence-electron chi connectivity index (χ1n) is 10.6. The van der Waals surface area contributed by atoms with Crippen LogP contribution in [0, 0.1) is 5.82 Å². The Morgan fingerprint density at radius 1 is 0.971 bits per heavy atom. The van der Waals surface area contributed by atoms with Gasteiger partial charge in [-0.05, 0) is 42.8 Å². The average Bonchev–Trinajstić information content (AvgIpc) is 2.84. The lowest BCUT2D eigenvalue weighted by molar-refractivity contribution is 0.0844. The molecule has 0 saturated heterocycles. The van der Waals surface area contributed by atoms with E-state index in [-0.39, 0.29) is 22.6 Å². The number of benzene rings is 2. The summed E-state index contributed by atoms with van der Waals surface area (Å²) in [6, 6.07) is 15.4. The van der Waals surface area contributed by atoms with Crippen molar-refractivity contribution in [2.75, 3.05) is 5.32 Å². The van der Waals surface area contributed by atoms with E-state index in [1.807, 2.05) is 6.92 Å². The monoisotopic (exact) mass is 460 g/mol. The molecule has 2 aromatic heterocycles. The standard InChI is InChI=1S/C24H21FN6O3/c1-2-13-31-24(34)18-10-4-3-9-17(18)20(30-31)23(33)29-28-22(32)19-11-6-12-26-21(19)27-16-8-5-7-15(25)14-16/h3-12,14H,2,13H2,1H3,(H,26,27)(H,28,32)(H,29,33). The van der Waals surface area contributed by atoms with Crippen LogP contribution in [0.25, 0.3) is 10.8 Å². The Morgan fingerprint density at radius 2 is 1.74 bits per heavy atom. The van der Waals surface area contributed by atoms with Gasteiger partial charge in [0.25, 0.3) is 17.4 Å². The summed E-state index contributed by atoms with van der Waals surface area (Å²) in [4.78, 5) is 42.4. The van der Waals surface area contributed by atoms with Gasteiger partial charge >= 0.3 is 0 Å². The molecule has 0 saturated carbocycles. The summed E-state index contributed by atoms with van der Waals surface area (Å²) in [6.45, 7) is 2.24. The molecular formula is C24H21FN6O3. The van der Waals surface area contributed by atoms with Gasteiger partial charge in [0.05, 0.1) is 10.9 Å². The maximum Gasteiger partial charge on any atom is 0.290 e. The number of hydrogen-bond acceptors (Lipinski definition) is 6. The van der Waals surface area contributed by atoms with Crippen molar-refractivity contribution in [2.24, 2.45) is 0 Å². The summed E-state index contributed by atoms with van der Waals surface area (Å²) in [5.41, 5.74) is 4.94. The van der Waals surface area contributed by atoms with Crippen LogP contribution in [0.2, 0.25) is 0 Å². The van der Waals surface area contributed by atoms with Crippen molar-refractivity contribution in [2.45, 2.75) is 19.9 Å². The third kappa shape index (κ3) is 4.75. The Morgan fingerprint density at radius 3 is 2.50 bits per heavy atom. The summed E-state index contributed by atoms with van der Waals surface area (Å²) in [5, 5.41) is 7.83. The SMILES string of the molecule is CCCn1nc(C(=O)NNC(=O)c2cccnc2Nc2cccc(F)c2)c2ccccc2c1=O. The second kappa shape index (κ2) is 9.90. The van der Waals surface area contributed by atoms with E-state index in [4.69, 9.17) is 0 Å². The number of halogens is 1. The zero-order chi connectivity index (χ0) is 24.1. The minimum absolute atomic E-state index is 0.00764. The highest BCUT2D eigenvalue weighted by Gasteiger charge is 2.18. The smallest absolute Gasteiger partial charge is 0.290 e. The number of pyridine rings is 1. The summed E-state index contributed by atoms with van der Waals surface area (Å²) in [6.07, 6.45) is 2.13. The normalized spacial score (nSPS) is 10.6. The van der Waals surface area contributed by atoms with Gasteiger partial charge in [0.1, 0.15) is 11.6 Å². The molecule has 0 spiro atoms. The maximum atomic E-state index is 13.5. The number of carbonyl (C=O) groups is 2. The Hall–Kier alpha value is -4.60. The van der Waals surface area contributed by atoms with E-state index in [0.29, 0.717) is 29.4 Å². The molecule has 0 aliphatic carbocycles. The largest absolute Gasteiger partial charge is 0.339 e. The molecule has 2 heterocycles. The van der Waals surface area contributed by atoms with Crippen LogP contribution in [0.4, 0.5) is 15.9 Å². The fraction of sp³-hybridized carbons (Fsp3) is 0.125. The molecule has 3 N–H and O–H groups in total. The van der Waals surface area contributed by atoms with Gasteiger partial charge in [-0.15, -0.1) is 0 Å². The molecule has 2 aromatic carbocycles. The highest BCUT2D eigenvalue weighted by molar-refractivity contribution is 6.06. The fourth-order valence-corrected chi connectivity index (χ4v) is 3.40. The number of hydrazine groups is 1. The molecule has 0 aliphatic rings. The lowest BCUT2D eigenvalue weighted by Gasteiger charge is -2.13. The zero-order valence-electron chi connectivity index (χ0n) is 18.2. The van der Waals surface area contributed by atoms with E-state index in [9.17, 15) is 18.8 Å². The number of nitrogens with one attached hydrogen (secondary N) is 3. The third-order valence-corrected chi connectivity index (χ3v) is 4.95. The molecule has 0 unspecified atom stereocenters. The van der Waals surface area contributed by atoms with Crippen molar-refractivity contribution in [3.05, 3.63) is 94.3 Å². The summed E-state index contributed by atoms with van der Waals surface area (Å²) < 4.78 is 14.7. The number of carbonyl (C=O) groups excluding carboxylic acids is 2. The van der Waals surface area contributed by atoms with Crippen molar-refractivity contribution in [1.29, 1.82) is 0 Å². The van der Waals surface area contributed by atoms with Crippen LogP contribution in [0.1, 0.15) is 34.2 Å².